The third-order valence-electron chi connectivity index (χ3n) is 17.4. The molecule has 81 heavy (non-hydrogen) atoms. The first-order valence-electron chi connectivity index (χ1n) is 28.0. The first-order chi connectivity index (χ1) is 40.2. The SMILES string of the molecule is c1cc2ccc3ccc(-c4ccc(-c5ccc6ccc7cccc8ccc5c6c78)cc4)c4ccc(c1)c2c34.c1ccc(-c2cccc(-c3c4ccccc4c(-c4cccc5oc6cc7ccccc7cc6c45)c4ccccc34)c2)cc1. The van der Waals surface area contributed by atoms with Gasteiger partial charge >= 0.3 is 0 Å². The quantitative estimate of drug-likeness (QED) is 0.124. The van der Waals surface area contributed by atoms with Gasteiger partial charge in [-0.1, -0.05) is 267 Å². The highest BCUT2D eigenvalue weighted by atomic mass is 16.3. The number of fused-ring (bicyclic) bond motifs is 6. The normalized spacial score (nSPS) is 12.0. The second kappa shape index (κ2) is 18.0. The summed E-state index contributed by atoms with van der Waals surface area (Å²) >= 11 is 0. The minimum absolute atomic E-state index is 0.913. The van der Waals surface area contributed by atoms with Crippen molar-refractivity contribution in [3.63, 3.8) is 0 Å². The van der Waals surface area contributed by atoms with Gasteiger partial charge in [0, 0.05) is 10.8 Å². The third-order valence-corrected chi connectivity index (χ3v) is 17.4. The molecule has 0 aliphatic rings. The average molecular weight is 1030 g/mol. The molecule has 0 saturated heterocycles. The van der Waals surface area contributed by atoms with Crippen LogP contribution in [0.25, 0.3) is 175 Å². The molecular weight excluding hydrogens is 977 g/mol. The van der Waals surface area contributed by atoms with E-state index in [-0.39, 0.29) is 0 Å². The fraction of sp³-hybridized carbons (Fsp3) is 0. The molecule has 0 aliphatic carbocycles. The molecule has 0 N–H and O–H groups in total. The molecule has 0 amide bonds. The lowest BCUT2D eigenvalue weighted by Crippen LogP contribution is -1.91. The van der Waals surface area contributed by atoms with Gasteiger partial charge in [0.2, 0.25) is 0 Å². The number of hydrogen-bond donors (Lipinski definition) is 0. The van der Waals surface area contributed by atoms with E-state index in [1.165, 1.54) is 153 Å². The van der Waals surface area contributed by atoms with Crippen LogP contribution in [0.4, 0.5) is 0 Å². The molecule has 1 aromatic heterocycles. The monoisotopic (exact) mass is 1020 g/mol. The minimum atomic E-state index is 0.913. The molecule has 374 valence electrons. The standard InChI is InChI=1S/C42H26O.C38H22/c1-2-12-27(13-3-1)28-16-10-17-31(24-28)40-32-18-6-8-20-34(32)41(35-21-9-7-19-33(35)40)36-22-11-23-38-42(36)37-25-29-14-4-5-15-30(29)26-39(37)43-38;1-3-25-11-13-29-15-19-31(33-21-17-27(5-1)35(25)37(29)33)23-7-9-24(10-8-23)32-20-16-30-14-12-26-4-2-6-28-18-22-34(32)38(30)36(26)28/h1-26H;1-22H. The van der Waals surface area contributed by atoms with Gasteiger partial charge in [-0.05, 0) is 177 Å². The Morgan fingerprint density at radius 2 is 0.593 bits per heavy atom. The van der Waals surface area contributed by atoms with E-state index >= 15 is 0 Å². The van der Waals surface area contributed by atoms with E-state index in [0.717, 1.165) is 21.9 Å². The van der Waals surface area contributed by atoms with Crippen molar-refractivity contribution < 1.29 is 4.42 Å². The zero-order chi connectivity index (χ0) is 53.1. The van der Waals surface area contributed by atoms with Crippen LogP contribution in [-0.4, -0.2) is 0 Å². The predicted molar refractivity (Wildman–Crippen MR) is 347 cm³/mol. The molecule has 1 heteroatoms. The van der Waals surface area contributed by atoms with Crippen molar-refractivity contribution in [2.75, 3.05) is 0 Å². The summed E-state index contributed by atoms with van der Waals surface area (Å²) < 4.78 is 6.50. The van der Waals surface area contributed by atoms with Crippen LogP contribution >= 0.6 is 0 Å². The lowest BCUT2D eigenvalue weighted by atomic mass is 9.84. The summed E-state index contributed by atoms with van der Waals surface area (Å²) in [6.45, 7) is 0. The first-order valence-corrected chi connectivity index (χ1v) is 28.0. The molecule has 0 saturated carbocycles. The molecule has 1 nitrogen and oxygen atoms in total. The van der Waals surface area contributed by atoms with E-state index in [0.29, 0.717) is 0 Å². The number of benzene rings is 17. The van der Waals surface area contributed by atoms with E-state index in [1.54, 1.807) is 0 Å². The molecule has 0 atom stereocenters. The summed E-state index contributed by atoms with van der Waals surface area (Å²) in [6, 6.07) is 106. The van der Waals surface area contributed by atoms with Crippen molar-refractivity contribution in [2.45, 2.75) is 0 Å². The van der Waals surface area contributed by atoms with Gasteiger partial charge in [0.15, 0.2) is 0 Å². The van der Waals surface area contributed by atoms with Crippen molar-refractivity contribution in [3.8, 4) is 55.6 Å². The Hall–Kier alpha value is -10.6. The Morgan fingerprint density at radius 1 is 0.173 bits per heavy atom. The van der Waals surface area contributed by atoms with E-state index in [9.17, 15) is 0 Å². The van der Waals surface area contributed by atoms with E-state index in [1.807, 2.05) is 0 Å². The first kappa shape index (κ1) is 45.4. The second-order valence-corrected chi connectivity index (χ2v) is 21.8. The van der Waals surface area contributed by atoms with E-state index < -0.39 is 0 Å². The highest BCUT2D eigenvalue weighted by Crippen LogP contribution is 2.48. The summed E-state index contributed by atoms with van der Waals surface area (Å²) in [4.78, 5) is 0. The zero-order valence-electron chi connectivity index (χ0n) is 44.1. The molecule has 18 aromatic rings. The topological polar surface area (TPSA) is 13.1 Å². The van der Waals surface area contributed by atoms with Gasteiger partial charge in [-0.2, -0.15) is 0 Å². The van der Waals surface area contributed by atoms with Crippen LogP contribution < -0.4 is 0 Å². The van der Waals surface area contributed by atoms with Gasteiger partial charge in [-0.15, -0.1) is 0 Å². The predicted octanol–water partition coefficient (Wildman–Crippen LogP) is 22.9. The van der Waals surface area contributed by atoms with Crippen molar-refractivity contribution in [2.24, 2.45) is 0 Å². The maximum atomic E-state index is 6.50. The van der Waals surface area contributed by atoms with Gasteiger partial charge in [0.05, 0.1) is 0 Å². The molecule has 0 bridgehead atoms. The maximum absolute atomic E-state index is 6.50. The fourth-order valence-corrected chi connectivity index (χ4v) is 13.7. The second-order valence-electron chi connectivity index (χ2n) is 21.8. The molecular formula is C80H48O. The Bertz CT molecular complexity index is 5250. The van der Waals surface area contributed by atoms with Gasteiger partial charge < -0.3 is 4.42 Å². The van der Waals surface area contributed by atoms with Crippen LogP contribution in [0.3, 0.4) is 0 Å². The summed E-state index contributed by atoms with van der Waals surface area (Å²) in [7, 11) is 0. The molecule has 0 fully saturated rings. The molecule has 17 aromatic carbocycles. The zero-order valence-corrected chi connectivity index (χ0v) is 44.1. The molecule has 0 spiro atoms. The Morgan fingerprint density at radius 3 is 1.16 bits per heavy atom. The van der Waals surface area contributed by atoms with Crippen LogP contribution in [0.2, 0.25) is 0 Å². The van der Waals surface area contributed by atoms with E-state index in [2.05, 4.69) is 291 Å². The number of hydrogen-bond acceptors (Lipinski definition) is 1. The van der Waals surface area contributed by atoms with Gasteiger partial charge in [-0.3, -0.25) is 0 Å². The molecule has 18 rings (SSSR count). The Kier molecular flexibility index (Phi) is 10.1. The number of rotatable bonds is 5. The molecule has 0 radical (unpaired) electrons. The minimum Gasteiger partial charge on any atom is -0.456 e. The van der Waals surface area contributed by atoms with Crippen LogP contribution in [-0.2, 0) is 0 Å². The van der Waals surface area contributed by atoms with Gasteiger partial charge in [0.1, 0.15) is 11.2 Å². The fourth-order valence-electron chi connectivity index (χ4n) is 13.7. The molecule has 0 aliphatic heterocycles. The van der Waals surface area contributed by atoms with Crippen molar-refractivity contribution >= 4 is 119 Å². The van der Waals surface area contributed by atoms with Crippen LogP contribution in [0.5, 0.6) is 0 Å². The molecule has 0 unspecified atom stereocenters. The summed E-state index contributed by atoms with van der Waals surface area (Å²) in [6.07, 6.45) is 0. The highest BCUT2D eigenvalue weighted by Gasteiger charge is 2.22. The lowest BCUT2D eigenvalue weighted by Gasteiger charge is -2.18. The van der Waals surface area contributed by atoms with Gasteiger partial charge in [0.25, 0.3) is 0 Å². The van der Waals surface area contributed by atoms with Crippen LogP contribution in [0.1, 0.15) is 0 Å². The van der Waals surface area contributed by atoms with Crippen molar-refractivity contribution in [1.82, 2.24) is 0 Å². The third kappa shape index (κ3) is 7.12. The highest BCUT2D eigenvalue weighted by molar-refractivity contribution is 6.29. The van der Waals surface area contributed by atoms with Crippen molar-refractivity contribution in [1.29, 1.82) is 0 Å². The van der Waals surface area contributed by atoms with Crippen molar-refractivity contribution in [3.05, 3.63) is 291 Å². The average Bonchev–Trinajstić information content (AvgIpc) is 4.04. The largest absolute Gasteiger partial charge is 0.456 e. The smallest absolute Gasteiger partial charge is 0.136 e. The molecule has 1 heterocycles. The summed E-state index contributed by atoms with van der Waals surface area (Å²) in [5.41, 5.74) is 14.3. The Labute approximate surface area is 467 Å². The maximum Gasteiger partial charge on any atom is 0.136 e. The van der Waals surface area contributed by atoms with Crippen LogP contribution in [0, 0.1) is 0 Å². The van der Waals surface area contributed by atoms with E-state index in [4.69, 9.17) is 4.42 Å². The number of furan rings is 1. The summed E-state index contributed by atoms with van der Waals surface area (Å²) in [5.74, 6) is 0. The van der Waals surface area contributed by atoms with Gasteiger partial charge in [-0.25, -0.2) is 0 Å². The lowest BCUT2D eigenvalue weighted by molar-refractivity contribution is 0.669. The van der Waals surface area contributed by atoms with Crippen LogP contribution in [0.15, 0.2) is 296 Å². The summed E-state index contributed by atoms with van der Waals surface area (Å²) in [5, 5.41) is 25.7. The Balaban J connectivity index is 0.000000130.